The lowest BCUT2D eigenvalue weighted by Crippen LogP contribution is -2.10. The van der Waals surface area contributed by atoms with Crippen LogP contribution in [0.4, 0.5) is 0 Å². The number of hydrogen-bond acceptors (Lipinski definition) is 4. The van der Waals surface area contributed by atoms with Crippen LogP contribution in [0.1, 0.15) is 29.9 Å². The van der Waals surface area contributed by atoms with Crippen molar-refractivity contribution in [2.24, 2.45) is 0 Å². The van der Waals surface area contributed by atoms with E-state index in [0.29, 0.717) is 18.8 Å². The summed E-state index contributed by atoms with van der Waals surface area (Å²) in [6.45, 7) is 7.36. The lowest BCUT2D eigenvalue weighted by molar-refractivity contribution is 0.372. The molecule has 0 aliphatic heterocycles. The molecule has 0 aromatic carbocycles. The van der Waals surface area contributed by atoms with Crippen LogP contribution in [0.25, 0.3) is 11.2 Å². The van der Waals surface area contributed by atoms with E-state index in [1.54, 1.807) is 0 Å². The smallest absolute Gasteiger partial charge is 0.159 e. The minimum atomic E-state index is 0.535. The molecule has 0 spiro atoms. The van der Waals surface area contributed by atoms with Crippen molar-refractivity contribution in [1.29, 1.82) is 0 Å². The zero-order valence-electron chi connectivity index (χ0n) is 12.4. The van der Waals surface area contributed by atoms with Crippen molar-refractivity contribution in [2.45, 2.75) is 40.3 Å². The average Bonchev–Trinajstić information content (AvgIpc) is 3.10. The van der Waals surface area contributed by atoms with E-state index in [9.17, 15) is 0 Å². The first kappa shape index (κ1) is 14.1. The summed E-state index contributed by atoms with van der Waals surface area (Å²) in [5, 5.41) is 8.47. The van der Waals surface area contributed by atoms with Gasteiger partial charge in [0.2, 0.25) is 0 Å². The molecule has 0 unspecified atom stereocenters. The zero-order chi connectivity index (χ0) is 15.0. The number of alkyl halides is 1. The van der Waals surface area contributed by atoms with Crippen molar-refractivity contribution in [2.75, 3.05) is 5.88 Å². The monoisotopic (exact) mass is 307 g/mol. The lowest BCUT2D eigenvalue weighted by Gasteiger charge is -2.07. The number of aromatic nitrogens is 5. The SMILES string of the molecule is CCn1nc(C)c2nc(CCCl)n(Cc3cc(C)no3)c21. The number of rotatable bonds is 5. The Kier molecular flexibility index (Phi) is 3.71. The van der Waals surface area contributed by atoms with Crippen LogP contribution in [-0.2, 0) is 19.5 Å². The minimum Gasteiger partial charge on any atom is -0.359 e. The largest absolute Gasteiger partial charge is 0.359 e. The molecular formula is C14H18ClN5O. The Morgan fingerprint density at radius 1 is 1.33 bits per heavy atom. The Hall–Kier alpha value is -1.82. The van der Waals surface area contributed by atoms with Crippen molar-refractivity contribution >= 4 is 22.8 Å². The fourth-order valence-corrected chi connectivity index (χ4v) is 2.75. The first-order valence-corrected chi connectivity index (χ1v) is 7.58. The Morgan fingerprint density at radius 3 is 2.76 bits per heavy atom. The normalized spacial score (nSPS) is 11.6. The molecule has 0 aliphatic rings. The first-order valence-electron chi connectivity index (χ1n) is 7.04. The van der Waals surface area contributed by atoms with Crippen LogP contribution in [0.2, 0.25) is 0 Å². The Morgan fingerprint density at radius 2 is 2.14 bits per heavy atom. The quantitative estimate of drug-likeness (QED) is 0.680. The van der Waals surface area contributed by atoms with E-state index in [1.165, 1.54) is 0 Å². The molecule has 0 atom stereocenters. The molecule has 3 heterocycles. The Bertz CT molecular complexity index is 770. The van der Waals surface area contributed by atoms with E-state index in [2.05, 4.69) is 21.7 Å². The van der Waals surface area contributed by atoms with E-state index >= 15 is 0 Å². The number of nitrogens with zero attached hydrogens (tertiary/aromatic N) is 5. The highest BCUT2D eigenvalue weighted by molar-refractivity contribution is 6.17. The fourth-order valence-electron chi connectivity index (χ4n) is 2.58. The highest BCUT2D eigenvalue weighted by Gasteiger charge is 2.19. The molecule has 3 aromatic heterocycles. The second-order valence-electron chi connectivity index (χ2n) is 5.06. The molecule has 0 fully saturated rings. The number of imidazole rings is 1. The van der Waals surface area contributed by atoms with Gasteiger partial charge in [0, 0.05) is 24.9 Å². The van der Waals surface area contributed by atoms with E-state index in [4.69, 9.17) is 21.1 Å². The van der Waals surface area contributed by atoms with Gasteiger partial charge in [0.25, 0.3) is 0 Å². The molecule has 0 bridgehead atoms. The van der Waals surface area contributed by atoms with Crippen LogP contribution >= 0.6 is 11.6 Å². The van der Waals surface area contributed by atoms with Crippen LogP contribution in [0.5, 0.6) is 0 Å². The van der Waals surface area contributed by atoms with Gasteiger partial charge in [0.05, 0.1) is 17.9 Å². The molecule has 0 saturated heterocycles. The number of aryl methyl sites for hydroxylation is 4. The first-order chi connectivity index (χ1) is 10.1. The summed E-state index contributed by atoms with van der Waals surface area (Å²) in [6, 6.07) is 1.94. The van der Waals surface area contributed by atoms with Crippen LogP contribution in [0.15, 0.2) is 10.6 Å². The topological polar surface area (TPSA) is 61.7 Å². The highest BCUT2D eigenvalue weighted by atomic mass is 35.5. The molecule has 21 heavy (non-hydrogen) atoms. The van der Waals surface area contributed by atoms with E-state index in [-0.39, 0.29) is 0 Å². The third-order valence-electron chi connectivity index (χ3n) is 3.49. The molecule has 0 radical (unpaired) electrons. The molecule has 3 rings (SSSR count). The summed E-state index contributed by atoms with van der Waals surface area (Å²) in [6.07, 6.45) is 0.715. The van der Waals surface area contributed by atoms with Gasteiger partial charge in [-0.2, -0.15) is 5.10 Å². The second-order valence-corrected chi connectivity index (χ2v) is 5.44. The Balaban J connectivity index is 2.14. The molecule has 6 nitrogen and oxygen atoms in total. The maximum absolute atomic E-state index is 5.91. The number of fused-ring (bicyclic) bond motifs is 1. The van der Waals surface area contributed by atoms with Crippen LogP contribution in [0.3, 0.4) is 0 Å². The number of halogens is 1. The molecule has 7 heteroatoms. The summed E-state index contributed by atoms with van der Waals surface area (Å²) in [5.41, 5.74) is 3.77. The molecule has 0 aliphatic carbocycles. The standard InChI is InChI=1S/C14H18ClN5O/c1-4-20-14-13(10(3)17-20)16-12(5-6-15)19(14)8-11-7-9(2)18-21-11/h7H,4-6,8H2,1-3H3. The number of hydrogen-bond donors (Lipinski definition) is 0. The zero-order valence-corrected chi connectivity index (χ0v) is 13.2. The summed E-state index contributed by atoms with van der Waals surface area (Å²) in [4.78, 5) is 4.71. The van der Waals surface area contributed by atoms with Crippen molar-refractivity contribution < 1.29 is 4.52 Å². The van der Waals surface area contributed by atoms with Crippen molar-refractivity contribution in [1.82, 2.24) is 24.5 Å². The predicted octanol–water partition coefficient (Wildman–Crippen LogP) is 2.69. The van der Waals surface area contributed by atoms with Crippen molar-refractivity contribution in [3.8, 4) is 0 Å². The third kappa shape index (κ3) is 2.44. The molecule has 3 aromatic rings. The molecule has 0 N–H and O–H groups in total. The maximum Gasteiger partial charge on any atom is 0.159 e. The predicted molar refractivity (Wildman–Crippen MR) is 80.7 cm³/mol. The summed E-state index contributed by atoms with van der Waals surface area (Å²) in [7, 11) is 0. The van der Waals surface area contributed by atoms with E-state index in [1.807, 2.05) is 24.6 Å². The molecule has 0 amide bonds. The van der Waals surface area contributed by atoms with Crippen LogP contribution in [0, 0.1) is 13.8 Å². The van der Waals surface area contributed by atoms with Gasteiger partial charge in [-0.3, -0.25) is 0 Å². The fraction of sp³-hybridized carbons (Fsp3) is 0.500. The van der Waals surface area contributed by atoms with Gasteiger partial charge in [0.15, 0.2) is 11.4 Å². The van der Waals surface area contributed by atoms with Crippen LogP contribution in [-0.4, -0.2) is 30.4 Å². The average molecular weight is 308 g/mol. The van der Waals surface area contributed by atoms with Gasteiger partial charge in [-0.1, -0.05) is 5.16 Å². The Labute approximate surface area is 127 Å². The minimum absolute atomic E-state index is 0.535. The molecular weight excluding hydrogens is 290 g/mol. The second kappa shape index (κ2) is 5.52. The molecule has 0 saturated carbocycles. The van der Waals surface area contributed by atoms with Gasteiger partial charge in [-0.25, -0.2) is 9.67 Å². The summed E-state index contributed by atoms with van der Waals surface area (Å²) in [5.74, 6) is 2.30. The van der Waals surface area contributed by atoms with Gasteiger partial charge in [0.1, 0.15) is 11.3 Å². The summed E-state index contributed by atoms with van der Waals surface area (Å²) < 4.78 is 9.44. The highest BCUT2D eigenvalue weighted by Crippen LogP contribution is 2.22. The van der Waals surface area contributed by atoms with Gasteiger partial charge in [-0.05, 0) is 20.8 Å². The molecule has 112 valence electrons. The van der Waals surface area contributed by atoms with Gasteiger partial charge >= 0.3 is 0 Å². The van der Waals surface area contributed by atoms with E-state index < -0.39 is 0 Å². The maximum atomic E-state index is 5.91. The lowest BCUT2D eigenvalue weighted by atomic mass is 10.3. The third-order valence-corrected chi connectivity index (χ3v) is 3.68. The van der Waals surface area contributed by atoms with Gasteiger partial charge in [-0.15, -0.1) is 11.6 Å². The van der Waals surface area contributed by atoms with Crippen LogP contribution < -0.4 is 0 Å². The van der Waals surface area contributed by atoms with Crippen molar-refractivity contribution in [3.05, 3.63) is 29.0 Å². The van der Waals surface area contributed by atoms with Crippen molar-refractivity contribution in [3.63, 3.8) is 0 Å². The summed E-state index contributed by atoms with van der Waals surface area (Å²) >= 11 is 5.91. The van der Waals surface area contributed by atoms with E-state index in [0.717, 1.165) is 40.7 Å². The van der Waals surface area contributed by atoms with Gasteiger partial charge < -0.3 is 9.09 Å².